The van der Waals surface area contributed by atoms with Crippen molar-refractivity contribution >= 4 is 0 Å². The van der Waals surface area contributed by atoms with Gasteiger partial charge in [0, 0.05) is 26.2 Å². The van der Waals surface area contributed by atoms with Crippen LogP contribution in [-0.2, 0) is 6.54 Å². The molecule has 0 spiro atoms. The van der Waals surface area contributed by atoms with Crippen LogP contribution in [0.1, 0.15) is 12.5 Å². The molecule has 0 unspecified atom stereocenters. The van der Waals surface area contributed by atoms with Crippen molar-refractivity contribution in [1.82, 2.24) is 10.6 Å². The molecule has 1 aromatic rings. The van der Waals surface area contributed by atoms with Crippen LogP contribution in [0.4, 0.5) is 0 Å². The third kappa shape index (κ3) is 5.79. The third-order valence-corrected chi connectivity index (χ3v) is 2.97. The topological polar surface area (TPSA) is 72.0 Å². The monoisotopic (exact) mass is 298 g/mol. The number of ether oxygens (including phenoxy) is 3. The molecule has 120 valence electrons. The highest BCUT2D eigenvalue weighted by Crippen LogP contribution is 2.38. The summed E-state index contributed by atoms with van der Waals surface area (Å²) in [6.07, 6.45) is -0.319. The van der Waals surface area contributed by atoms with Crippen molar-refractivity contribution in [2.45, 2.75) is 19.6 Å². The minimum atomic E-state index is -0.319. The van der Waals surface area contributed by atoms with E-state index in [4.69, 9.17) is 19.3 Å². The Balaban J connectivity index is 2.51. The number of methoxy groups -OCH3 is 3. The van der Waals surface area contributed by atoms with Gasteiger partial charge in [0.05, 0.1) is 27.4 Å². The summed E-state index contributed by atoms with van der Waals surface area (Å²) in [7, 11) is 4.80. The van der Waals surface area contributed by atoms with Crippen molar-refractivity contribution in [3.05, 3.63) is 17.7 Å². The molecule has 0 radical (unpaired) electrons. The zero-order chi connectivity index (χ0) is 15.7. The van der Waals surface area contributed by atoms with E-state index in [1.165, 1.54) is 0 Å². The van der Waals surface area contributed by atoms with E-state index in [9.17, 15) is 0 Å². The van der Waals surface area contributed by atoms with Gasteiger partial charge in [-0.15, -0.1) is 0 Å². The van der Waals surface area contributed by atoms with Crippen LogP contribution in [0.3, 0.4) is 0 Å². The van der Waals surface area contributed by atoms with Gasteiger partial charge in [0.2, 0.25) is 5.75 Å². The minimum absolute atomic E-state index is 0.319. The molecule has 21 heavy (non-hydrogen) atoms. The first-order valence-corrected chi connectivity index (χ1v) is 7.00. The maximum atomic E-state index is 9.13. The molecule has 6 nitrogen and oxygen atoms in total. The van der Waals surface area contributed by atoms with Gasteiger partial charge in [0.15, 0.2) is 11.5 Å². The van der Waals surface area contributed by atoms with E-state index in [2.05, 4.69) is 10.6 Å². The Morgan fingerprint density at radius 3 is 2.05 bits per heavy atom. The Morgan fingerprint density at radius 1 is 1.00 bits per heavy atom. The second-order valence-corrected chi connectivity index (χ2v) is 4.76. The van der Waals surface area contributed by atoms with Crippen LogP contribution in [0.5, 0.6) is 17.2 Å². The van der Waals surface area contributed by atoms with Gasteiger partial charge in [-0.2, -0.15) is 0 Å². The Morgan fingerprint density at radius 2 is 1.57 bits per heavy atom. The number of aliphatic hydroxyl groups excluding tert-OH is 1. The highest BCUT2D eigenvalue weighted by molar-refractivity contribution is 5.53. The number of nitrogens with one attached hydrogen (secondary N) is 2. The van der Waals surface area contributed by atoms with E-state index in [0.29, 0.717) is 30.3 Å². The van der Waals surface area contributed by atoms with E-state index < -0.39 is 0 Å². The summed E-state index contributed by atoms with van der Waals surface area (Å²) in [4.78, 5) is 0. The van der Waals surface area contributed by atoms with E-state index >= 15 is 0 Å². The highest BCUT2D eigenvalue weighted by atomic mass is 16.5. The lowest BCUT2D eigenvalue weighted by Gasteiger charge is -2.14. The molecule has 0 heterocycles. The fraction of sp³-hybridized carbons (Fsp3) is 0.600. The van der Waals surface area contributed by atoms with Crippen LogP contribution in [0.25, 0.3) is 0 Å². The summed E-state index contributed by atoms with van der Waals surface area (Å²) in [6.45, 7) is 4.67. The van der Waals surface area contributed by atoms with Crippen molar-refractivity contribution in [2.24, 2.45) is 0 Å². The first-order valence-electron chi connectivity index (χ1n) is 7.00. The molecule has 0 saturated heterocycles. The molecule has 1 atom stereocenters. The molecule has 0 aliphatic rings. The van der Waals surface area contributed by atoms with Gasteiger partial charge in [0.25, 0.3) is 0 Å². The fourth-order valence-electron chi connectivity index (χ4n) is 1.96. The molecule has 0 aromatic heterocycles. The first kappa shape index (κ1) is 17.6. The fourth-order valence-corrected chi connectivity index (χ4v) is 1.96. The number of aliphatic hydroxyl groups is 1. The second kappa shape index (κ2) is 9.44. The average molecular weight is 298 g/mol. The molecular weight excluding hydrogens is 272 g/mol. The average Bonchev–Trinajstić information content (AvgIpc) is 2.49. The van der Waals surface area contributed by atoms with Crippen LogP contribution in [0.2, 0.25) is 0 Å². The van der Waals surface area contributed by atoms with Crippen molar-refractivity contribution in [1.29, 1.82) is 0 Å². The van der Waals surface area contributed by atoms with Crippen molar-refractivity contribution < 1.29 is 19.3 Å². The van der Waals surface area contributed by atoms with Crippen molar-refractivity contribution in [3.8, 4) is 17.2 Å². The van der Waals surface area contributed by atoms with E-state index in [1.807, 2.05) is 12.1 Å². The number of rotatable bonds is 10. The van der Waals surface area contributed by atoms with Gasteiger partial charge in [-0.1, -0.05) is 0 Å². The Labute approximate surface area is 126 Å². The first-order chi connectivity index (χ1) is 10.1. The summed E-state index contributed by atoms with van der Waals surface area (Å²) < 4.78 is 15.9. The molecule has 0 saturated carbocycles. The minimum Gasteiger partial charge on any atom is -0.493 e. The number of hydrogen-bond acceptors (Lipinski definition) is 6. The van der Waals surface area contributed by atoms with Crippen LogP contribution < -0.4 is 24.8 Å². The summed E-state index contributed by atoms with van der Waals surface area (Å²) >= 11 is 0. The van der Waals surface area contributed by atoms with Gasteiger partial charge in [-0.05, 0) is 24.6 Å². The second-order valence-electron chi connectivity index (χ2n) is 4.76. The smallest absolute Gasteiger partial charge is 0.203 e. The summed E-state index contributed by atoms with van der Waals surface area (Å²) in [5.74, 6) is 1.91. The predicted octanol–water partition coefficient (Wildman–Crippen LogP) is 0.772. The summed E-state index contributed by atoms with van der Waals surface area (Å²) in [5.41, 5.74) is 1.06. The highest BCUT2D eigenvalue weighted by Gasteiger charge is 2.12. The summed E-state index contributed by atoms with van der Waals surface area (Å²) in [6, 6.07) is 3.86. The largest absolute Gasteiger partial charge is 0.493 e. The lowest BCUT2D eigenvalue weighted by molar-refractivity contribution is 0.191. The standard InChI is InChI=1S/C15H26N2O4/c1-11(18)9-16-5-6-17-10-12-7-13(19-2)15(21-4)14(8-12)20-3/h7-8,11,16-18H,5-6,9-10H2,1-4H3/t11-/m0/s1. The molecule has 3 N–H and O–H groups in total. The summed E-state index contributed by atoms with van der Waals surface area (Å²) in [5, 5.41) is 15.6. The van der Waals surface area contributed by atoms with Crippen molar-refractivity contribution in [2.75, 3.05) is 41.0 Å². The van der Waals surface area contributed by atoms with Gasteiger partial charge in [-0.25, -0.2) is 0 Å². The maximum Gasteiger partial charge on any atom is 0.203 e. The number of benzene rings is 1. The van der Waals surface area contributed by atoms with Crippen LogP contribution in [-0.4, -0.2) is 52.2 Å². The third-order valence-electron chi connectivity index (χ3n) is 2.97. The maximum absolute atomic E-state index is 9.13. The van der Waals surface area contributed by atoms with E-state index in [-0.39, 0.29) is 6.10 Å². The van der Waals surface area contributed by atoms with E-state index in [1.54, 1.807) is 28.3 Å². The van der Waals surface area contributed by atoms with Crippen LogP contribution >= 0.6 is 0 Å². The normalized spacial score (nSPS) is 12.0. The molecule has 1 aromatic carbocycles. The quantitative estimate of drug-likeness (QED) is 0.554. The van der Waals surface area contributed by atoms with Gasteiger partial charge in [0.1, 0.15) is 0 Å². The lowest BCUT2D eigenvalue weighted by atomic mass is 10.2. The zero-order valence-electron chi connectivity index (χ0n) is 13.2. The van der Waals surface area contributed by atoms with Gasteiger partial charge < -0.3 is 30.0 Å². The molecular formula is C15H26N2O4. The molecule has 0 aliphatic heterocycles. The number of hydrogen-bond donors (Lipinski definition) is 3. The Bertz CT molecular complexity index is 399. The SMILES string of the molecule is COc1cc(CNCCNC[C@H](C)O)cc(OC)c1OC. The lowest BCUT2D eigenvalue weighted by Crippen LogP contribution is -2.31. The Hall–Kier alpha value is -1.50. The van der Waals surface area contributed by atoms with Crippen molar-refractivity contribution in [3.63, 3.8) is 0 Å². The molecule has 0 aliphatic carbocycles. The molecule has 0 amide bonds. The predicted molar refractivity (Wildman–Crippen MR) is 82.4 cm³/mol. The molecule has 6 heteroatoms. The van der Waals surface area contributed by atoms with Gasteiger partial charge >= 0.3 is 0 Å². The van der Waals surface area contributed by atoms with Crippen LogP contribution in [0, 0.1) is 0 Å². The zero-order valence-corrected chi connectivity index (χ0v) is 13.2. The van der Waals surface area contributed by atoms with Crippen LogP contribution in [0.15, 0.2) is 12.1 Å². The van der Waals surface area contributed by atoms with Gasteiger partial charge in [-0.3, -0.25) is 0 Å². The molecule has 0 bridgehead atoms. The Kier molecular flexibility index (Phi) is 7.89. The van der Waals surface area contributed by atoms with E-state index in [0.717, 1.165) is 18.7 Å². The molecule has 0 fully saturated rings. The molecule has 1 rings (SSSR count).